The average Bonchev–Trinajstić information content (AvgIpc) is 3.59. The number of amides is 1. The second-order valence-electron chi connectivity index (χ2n) is 8.18. The predicted molar refractivity (Wildman–Crippen MR) is 136 cm³/mol. The summed E-state index contributed by atoms with van der Waals surface area (Å²) < 4.78 is 26.2. The number of rotatable bonds is 8. The Morgan fingerprint density at radius 2 is 1.72 bits per heavy atom. The maximum absolute atomic E-state index is 13.2. The van der Waals surface area contributed by atoms with Crippen molar-refractivity contribution in [2.45, 2.75) is 12.1 Å². The Bertz CT molecular complexity index is 1280. The van der Waals surface area contributed by atoms with Crippen molar-refractivity contribution in [1.82, 2.24) is 19.7 Å². The fourth-order valence-electron chi connectivity index (χ4n) is 4.10. The van der Waals surface area contributed by atoms with Crippen molar-refractivity contribution in [2.75, 3.05) is 43.4 Å². The van der Waals surface area contributed by atoms with Crippen molar-refractivity contribution < 1.29 is 18.3 Å². The molecule has 2 aromatic heterocycles. The number of aromatic nitrogens is 3. The van der Waals surface area contributed by atoms with Gasteiger partial charge >= 0.3 is 0 Å². The molecule has 0 spiro atoms. The zero-order valence-electron chi connectivity index (χ0n) is 19.8. The van der Waals surface area contributed by atoms with Crippen LogP contribution in [-0.4, -0.2) is 64.1 Å². The van der Waals surface area contributed by atoms with Crippen LogP contribution in [0, 0.1) is 5.82 Å². The number of thioether (sulfide) groups is 1. The van der Waals surface area contributed by atoms with Crippen LogP contribution in [0.3, 0.4) is 0 Å². The van der Waals surface area contributed by atoms with Crippen LogP contribution in [0.2, 0.25) is 0 Å². The average molecular weight is 508 g/mol. The van der Waals surface area contributed by atoms with Gasteiger partial charge in [-0.05, 0) is 67.6 Å². The largest absolute Gasteiger partial charge is 0.494 e. The van der Waals surface area contributed by atoms with E-state index >= 15 is 0 Å². The highest BCUT2D eigenvalue weighted by Gasteiger charge is 2.24. The van der Waals surface area contributed by atoms with E-state index in [1.54, 1.807) is 24.5 Å². The van der Waals surface area contributed by atoms with E-state index in [1.165, 1.54) is 23.9 Å². The van der Waals surface area contributed by atoms with Crippen LogP contribution < -0.4 is 9.64 Å². The van der Waals surface area contributed by atoms with Gasteiger partial charge in [0.05, 0.1) is 24.3 Å². The predicted octanol–water partition coefficient (Wildman–Crippen LogP) is 4.51. The third kappa shape index (κ3) is 5.23. The number of furan rings is 1. The molecule has 1 saturated heterocycles. The first kappa shape index (κ1) is 23.9. The SMILES string of the molecule is CCOc1ccc(-n2c(SCC(=O)N3CCN(c4ccc(F)cc4)CC3)nnc2-c2ccco2)cc1. The van der Waals surface area contributed by atoms with Gasteiger partial charge in [0.1, 0.15) is 11.6 Å². The monoisotopic (exact) mass is 507 g/mol. The quantitative estimate of drug-likeness (QED) is 0.325. The molecule has 1 aliphatic heterocycles. The summed E-state index contributed by atoms with van der Waals surface area (Å²) in [5.74, 6) is 1.96. The molecule has 0 bridgehead atoms. The molecule has 3 heterocycles. The molecule has 4 aromatic rings. The number of hydrogen-bond donors (Lipinski definition) is 0. The van der Waals surface area contributed by atoms with Gasteiger partial charge in [0, 0.05) is 31.9 Å². The Morgan fingerprint density at radius 1 is 1.00 bits per heavy atom. The van der Waals surface area contributed by atoms with Gasteiger partial charge in [-0.15, -0.1) is 10.2 Å². The molecule has 1 fully saturated rings. The van der Waals surface area contributed by atoms with E-state index in [1.807, 2.05) is 46.7 Å². The number of ether oxygens (including phenoxy) is 1. The van der Waals surface area contributed by atoms with E-state index in [-0.39, 0.29) is 17.5 Å². The molecule has 10 heteroatoms. The van der Waals surface area contributed by atoms with Crippen molar-refractivity contribution in [2.24, 2.45) is 0 Å². The fraction of sp³-hybridized carbons (Fsp3) is 0.269. The first-order chi connectivity index (χ1) is 17.6. The number of piperazine rings is 1. The Labute approximate surface area is 212 Å². The van der Waals surface area contributed by atoms with Crippen molar-refractivity contribution in [3.05, 3.63) is 72.7 Å². The number of hydrogen-bond acceptors (Lipinski definition) is 7. The smallest absolute Gasteiger partial charge is 0.233 e. The van der Waals surface area contributed by atoms with Crippen molar-refractivity contribution in [1.29, 1.82) is 0 Å². The first-order valence-corrected chi connectivity index (χ1v) is 12.7. The van der Waals surface area contributed by atoms with Gasteiger partial charge in [-0.2, -0.15) is 0 Å². The molecule has 0 saturated carbocycles. The molecule has 0 aliphatic carbocycles. The third-order valence-corrected chi connectivity index (χ3v) is 6.84. The van der Waals surface area contributed by atoms with E-state index in [4.69, 9.17) is 9.15 Å². The van der Waals surface area contributed by atoms with Gasteiger partial charge in [-0.25, -0.2) is 4.39 Å². The number of benzene rings is 2. The molecule has 8 nitrogen and oxygen atoms in total. The summed E-state index contributed by atoms with van der Waals surface area (Å²) in [6.07, 6.45) is 1.59. The third-order valence-electron chi connectivity index (χ3n) is 5.93. The molecule has 0 atom stereocenters. The van der Waals surface area contributed by atoms with E-state index in [2.05, 4.69) is 15.1 Å². The molecule has 2 aromatic carbocycles. The van der Waals surface area contributed by atoms with Crippen LogP contribution in [-0.2, 0) is 4.79 Å². The van der Waals surface area contributed by atoms with Gasteiger partial charge in [-0.1, -0.05) is 11.8 Å². The summed E-state index contributed by atoms with van der Waals surface area (Å²) in [6, 6.07) is 17.7. The van der Waals surface area contributed by atoms with Crippen LogP contribution in [0.25, 0.3) is 17.3 Å². The summed E-state index contributed by atoms with van der Waals surface area (Å²) in [7, 11) is 0. The van der Waals surface area contributed by atoms with Crippen molar-refractivity contribution in [3.8, 4) is 23.0 Å². The normalized spacial score (nSPS) is 13.7. The molecular weight excluding hydrogens is 481 g/mol. The summed E-state index contributed by atoms with van der Waals surface area (Å²) in [4.78, 5) is 17.0. The molecule has 1 amide bonds. The lowest BCUT2D eigenvalue weighted by Gasteiger charge is -2.36. The lowest BCUT2D eigenvalue weighted by atomic mass is 10.2. The summed E-state index contributed by atoms with van der Waals surface area (Å²) in [5, 5.41) is 9.30. The number of anilines is 1. The van der Waals surface area contributed by atoms with Gasteiger partial charge in [0.25, 0.3) is 0 Å². The highest BCUT2D eigenvalue weighted by atomic mass is 32.2. The van der Waals surface area contributed by atoms with Gasteiger partial charge < -0.3 is 19.0 Å². The number of carbonyl (C=O) groups excluding carboxylic acids is 1. The van der Waals surface area contributed by atoms with Crippen LogP contribution in [0.15, 0.2) is 76.5 Å². The minimum atomic E-state index is -0.252. The molecule has 0 radical (unpaired) electrons. The minimum Gasteiger partial charge on any atom is -0.494 e. The van der Waals surface area contributed by atoms with E-state index in [0.717, 1.165) is 17.1 Å². The molecule has 36 heavy (non-hydrogen) atoms. The molecular formula is C26H26FN5O3S. The van der Waals surface area contributed by atoms with Crippen molar-refractivity contribution in [3.63, 3.8) is 0 Å². The number of halogens is 1. The standard InChI is InChI=1S/C26H26FN5O3S/c1-2-34-22-11-9-21(10-12-22)32-25(23-4-3-17-35-23)28-29-26(32)36-18-24(33)31-15-13-30(14-16-31)20-7-5-19(27)6-8-20/h3-12,17H,2,13-16,18H2,1H3. The summed E-state index contributed by atoms with van der Waals surface area (Å²) in [6.45, 7) is 5.15. The lowest BCUT2D eigenvalue weighted by molar-refractivity contribution is -0.128. The van der Waals surface area contributed by atoms with E-state index in [0.29, 0.717) is 49.5 Å². The van der Waals surface area contributed by atoms with Gasteiger partial charge in [-0.3, -0.25) is 9.36 Å². The zero-order valence-corrected chi connectivity index (χ0v) is 20.7. The maximum atomic E-state index is 13.2. The molecule has 186 valence electrons. The molecule has 0 unspecified atom stereocenters. The zero-order chi connectivity index (χ0) is 24.9. The number of nitrogens with zero attached hydrogens (tertiary/aromatic N) is 5. The number of carbonyl (C=O) groups is 1. The highest BCUT2D eigenvalue weighted by Crippen LogP contribution is 2.29. The Kier molecular flexibility index (Phi) is 7.22. The van der Waals surface area contributed by atoms with E-state index < -0.39 is 0 Å². The second-order valence-corrected chi connectivity index (χ2v) is 9.12. The highest BCUT2D eigenvalue weighted by molar-refractivity contribution is 7.99. The van der Waals surface area contributed by atoms with E-state index in [9.17, 15) is 9.18 Å². The van der Waals surface area contributed by atoms with Crippen LogP contribution in [0.1, 0.15) is 6.92 Å². The second kappa shape index (κ2) is 10.9. The van der Waals surface area contributed by atoms with Crippen LogP contribution >= 0.6 is 11.8 Å². The van der Waals surface area contributed by atoms with Gasteiger partial charge in [0.2, 0.25) is 11.7 Å². The summed E-state index contributed by atoms with van der Waals surface area (Å²) >= 11 is 1.34. The van der Waals surface area contributed by atoms with Crippen LogP contribution in [0.4, 0.5) is 10.1 Å². The Morgan fingerprint density at radius 3 is 2.39 bits per heavy atom. The molecule has 0 N–H and O–H groups in total. The first-order valence-electron chi connectivity index (χ1n) is 11.8. The fourth-order valence-corrected chi connectivity index (χ4v) is 4.96. The Balaban J connectivity index is 1.27. The van der Waals surface area contributed by atoms with Crippen LogP contribution in [0.5, 0.6) is 5.75 Å². The minimum absolute atomic E-state index is 0.0412. The summed E-state index contributed by atoms with van der Waals surface area (Å²) in [5.41, 5.74) is 1.81. The molecule has 5 rings (SSSR count). The van der Waals surface area contributed by atoms with Gasteiger partial charge in [0.15, 0.2) is 10.9 Å². The van der Waals surface area contributed by atoms with Crippen molar-refractivity contribution >= 4 is 23.4 Å². The lowest BCUT2D eigenvalue weighted by Crippen LogP contribution is -2.49. The molecule has 1 aliphatic rings. The Hall–Kier alpha value is -3.79. The maximum Gasteiger partial charge on any atom is 0.233 e. The topological polar surface area (TPSA) is 76.6 Å².